The molecule has 1 aromatic carbocycles. The number of benzene rings is 1. The van der Waals surface area contributed by atoms with Crippen LogP contribution in [0.1, 0.15) is 51.3 Å². The van der Waals surface area contributed by atoms with Gasteiger partial charge in [-0.1, -0.05) is 6.08 Å². The molecule has 22 heavy (non-hydrogen) atoms. The molecular weight excluding hydrogens is 274 g/mol. The monoisotopic (exact) mass is 301 g/mol. The fourth-order valence-corrected chi connectivity index (χ4v) is 3.58. The number of nitrogens with zero attached hydrogens (tertiary/aromatic N) is 1. The second-order valence-corrected chi connectivity index (χ2v) is 7.30. The molecule has 4 heteroatoms. The number of aryl methyl sites for hydroxylation is 2. The Hall–Kier alpha value is -1.81. The molecule has 1 aliphatic heterocycles. The molecule has 2 rings (SSSR count). The molecule has 0 radical (unpaired) electrons. The number of rotatable bonds is 2. The van der Waals surface area contributed by atoms with Crippen LogP contribution in [-0.4, -0.2) is 17.0 Å². The maximum atomic E-state index is 12.4. The molecule has 120 valence electrons. The molecule has 0 fully saturated rings. The lowest BCUT2D eigenvalue weighted by molar-refractivity contribution is -0.125. The van der Waals surface area contributed by atoms with Crippen LogP contribution in [0.25, 0.3) is 5.57 Å². The van der Waals surface area contributed by atoms with E-state index in [9.17, 15) is 4.79 Å². The Morgan fingerprint density at radius 1 is 1.18 bits per heavy atom. The van der Waals surface area contributed by atoms with Gasteiger partial charge in [-0.2, -0.15) is 0 Å². The molecule has 0 spiro atoms. The molecule has 1 aromatic rings. The number of carbonyl (C=O) groups excluding carboxylic acids is 1. The highest BCUT2D eigenvalue weighted by Gasteiger charge is 2.44. The standard InChI is InChI=1S/C18H27N3O/c1-11-8-14-13(3)10-17(4,5)21(15(14)9-12(11)2)18(6,7)16(22)20-19/h8-10H,19H2,1-7H3,(H,20,22). The minimum atomic E-state index is -0.758. The van der Waals surface area contributed by atoms with Crippen LogP contribution in [0.5, 0.6) is 0 Å². The van der Waals surface area contributed by atoms with Gasteiger partial charge in [0.15, 0.2) is 0 Å². The van der Waals surface area contributed by atoms with Gasteiger partial charge < -0.3 is 4.90 Å². The molecule has 0 saturated carbocycles. The maximum absolute atomic E-state index is 12.4. The van der Waals surface area contributed by atoms with Crippen LogP contribution in [0.4, 0.5) is 5.69 Å². The Morgan fingerprint density at radius 3 is 2.27 bits per heavy atom. The Labute approximate surface area is 133 Å². The van der Waals surface area contributed by atoms with E-state index in [4.69, 9.17) is 5.84 Å². The van der Waals surface area contributed by atoms with Crippen LogP contribution >= 0.6 is 0 Å². The highest BCUT2D eigenvalue weighted by atomic mass is 16.2. The molecule has 0 unspecified atom stereocenters. The third-order valence-electron chi connectivity index (χ3n) is 4.67. The van der Waals surface area contributed by atoms with Crippen LogP contribution in [0.15, 0.2) is 18.2 Å². The molecule has 0 bridgehead atoms. The molecule has 1 aliphatic rings. The first-order valence-electron chi connectivity index (χ1n) is 7.65. The summed E-state index contributed by atoms with van der Waals surface area (Å²) in [6.07, 6.45) is 2.22. The summed E-state index contributed by atoms with van der Waals surface area (Å²) >= 11 is 0. The number of fused-ring (bicyclic) bond motifs is 1. The van der Waals surface area contributed by atoms with Gasteiger partial charge in [0.25, 0.3) is 5.91 Å². The van der Waals surface area contributed by atoms with Crippen molar-refractivity contribution >= 4 is 17.2 Å². The lowest BCUT2D eigenvalue weighted by Gasteiger charge is -2.51. The van der Waals surface area contributed by atoms with Crippen LogP contribution in [-0.2, 0) is 4.79 Å². The number of anilines is 1. The number of amides is 1. The summed E-state index contributed by atoms with van der Waals surface area (Å²) in [5, 5.41) is 0. The Bertz CT molecular complexity index is 657. The summed E-state index contributed by atoms with van der Waals surface area (Å²) in [5.41, 5.74) is 7.25. The fraction of sp³-hybridized carbons (Fsp3) is 0.500. The number of hydrazine groups is 1. The lowest BCUT2D eigenvalue weighted by atomic mass is 9.82. The number of allylic oxidation sites excluding steroid dienone is 1. The molecular formula is C18H27N3O. The summed E-state index contributed by atoms with van der Waals surface area (Å²) in [6, 6.07) is 4.38. The number of hydrogen-bond donors (Lipinski definition) is 2. The first kappa shape index (κ1) is 16.6. The van der Waals surface area contributed by atoms with Crippen LogP contribution in [0.3, 0.4) is 0 Å². The zero-order valence-corrected chi connectivity index (χ0v) is 14.7. The van der Waals surface area contributed by atoms with Gasteiger partial charge in [0.2, 0.25) is 0 Å². The first-order valence-corrected chi connectivity index (χ1v) is 7.65. The van der Waals surface area contributed by atoms with Crippen LogP contribution in [0.2, 0.25) is 0 Å². The van der Waals surface area contributed by atoms with Crippen molar-refractivity contribution in [3.63, 3.8) is 0 Å². The molecule has 1 amide bonds. The van der Waals surface area contributed by atoms with E-state index < -0.39 is 5.54 Å². The molecule has 0 atom stereocenters. The van der Waals surface area contributed by atoms with Crippen molar-refractivity contribution in [1.82, 2.24) is 5.43 Å². The second kappa shape index (κ2) is 5.13. The zero-order chi connectivity index (χ0) is 16.9. The quantitative estimate of drug-likeness (QED) is 0.501. The summed E-state index contributed by atoms with van der Waals surface area (Å²) in [7, 11) is 0. The van der Waals surface area contributed by atoms with Crippen LogP contribution < -0.4 is 16.2 Å². The van der Waals surface area contributed by atoms with Gasteiger partial charge >= 0.3 is 0 Å². The molecule has 3 N–H and O–H groups in total. The van der Waals surface area contributed by atoms with E-state index in [0.29, 0.717) is 0 Å². The van der Waals surface area contributed by atoms with Crippen molar-refractivity contribution in [2.24, 2.45) is 5.84 Å². The fourth-order valence-electron chi connectivity index (χ4n) is 3.58. The number of nitrogens with two attached hydrogens (primary N) is 1. The predicted octanol–water partition coefficient (Wildman–Crippen LogP) is 3.07. The Balaban J connectivity index is 2.74. The van der Waals surface area contributed by atoms with Gasteiger partial charge in [-0.15, -0.1) is 0 Å². The topological polar surface area (TPSA) is 58.4 Å². The SMILES string of the molecule is CC1=CC(C)(C)N(C(C)(C)C(=O)NN)c2cc(C)c(C)cc21. The smallest absolute Gasteiger partial charge is 0.259 e. The van der Waals surface area contributed by atoms with E-state index in [1.165, 1.54) is 22.3 Å². The van der Waals surface area contributed by atoms with Gasteiger partial charge in [0.05, 0.1) is 5.54 Å². The Morgan fingerprint density at radius 2 is 1.73 bits per heavy atom. The lowest BCUT2D eigenvalue weighted by Crippen LogP contribution is -2.63. The van der Waals surface area contributed by atoms with E-state index in [0.717, 1.165) is 5.69 Å². The van der Waals surface area contributed by atoms with E-state index in [-0.39, 0.29) is 11.4 Å². The molecule has 0 aromatic heterocycles. The highest BCUT2D eigenvalue weighted by molar-refractivity contribution is 5.93. The number of carbonyl (C=O) groups is 1. The average molecular weight is 301 g/mol. The summed E-state index contributed by atoms with van der Waals surface area (Å²) in [6.45, 7) is 14.4. The first-order chi connectivity index (χ1) is 10.0. The third-order valence-corrected chi connectivity index (χ3v) is 4.67. The van der Waals surface area contributed by atoms with E-state index in [1.807, 2.05) is 13.8 Å². The normalized spacial score (nSPS) is 16.9. The molecule has 1 heterocycles. The zero-order valence-electron chi connectivity index (χ0n) is 14.7. The van der Waals surface area contributed by atoms with Crippen LogP contribution in [0, 0.1) is 13.8 Å². The van der Waals surface area contributed by atoms with Crippen molar-refractivity contribution in [2.45, 2.75) is 59.5 Å². The van der Waals surface area contributed by atoms with E-state index >= 15 is 0 Å². The van der Waals surface area contributed by atoms with Gasteiger partial charge in [0.1, 0.15) is 5.54 Å². The molecule has 0 saturated heterocycles. The maximum Gasteiger partial charge on any atom is 0.259 e. The van der Waals surface area contributed by atoms with E-state index in [1.54, 1.807) is 0 Å². The van der Waals surface area contributed by atoms with Gasteiger partial charge in [-0.05, 0) is 77.3 Å². The Kier molecular flexibility index (Phi) is 3.86. The highest BCUT2D eigenvalue weighted by Crippen LogP contribution is 2.44. The minimum absolute atomic E-state index is 0.197. The molecule has 4 nitrogen and oxygen atoms in total. The van der Waals surface area contributed by atoms with Crippen molar-refractivity contribution in [2.75, 3.05) is 4.90 Å². The van der Waals surface area contributed by atoms with Crippen molar-refractivity contribution < 1.29 is 4.79 Å². The van der Waals surface area contributed by atoms with Crippen molar-refractivity contribution in [3.8, 4) is 0 Å². The van der Waals surface area contributed by atoms with E-state index in [2.05, 4.69) is 63.2 Å². The molecule has 0 aliphatic carbocycles. The van der Waals surface area contributed by atoms with Gasteiger partial charge in [-0.25, -0.2) is 5.84 Å². The van der Waals surface area contributed by atoms with Gasteiger partial charge in [0, 0.05) is 11.3 Å². The predicted molar refractivity (Wildman–Crippen MR) is 92.5 cm³/mol. The average Bonchev–Trinajstić information content (AvgIpc) is 2.39. The third kappa shape index (κ3) is 2.41. The second-order valence-electron chi connectivity index (χ2n) is 7.30. The van der Waals surface area contributed by atoms with Crippen molar-refractivity contribution in [1.29, 1.82) is 0 Å². The van der Waals surface area contributed by atoms with Crippen molar-refractivity contribution in [3.05, 3.63) is 34.9 Å². The summed E-state index contributed by atoms with van der Waals surface area (Å²) < 4.78 is 0. The largest absolute Gasteiger partial charge is 0.348 e. The number of hydrogen-bond acceptors (Lipinski definition) is 3. The minimum Gasteiger partial charge on any atom is -0.348 e. The number of nitrogens with one attached hydrogen (secondary N) is 1. The summed E-state index contributed by atoms with van der Waals surface area (Å²) in [5.74, 6) is 5.22. The summed E-state index contributed by atoms with van der Waals surface area (Å²) in [4.78, 5) is 14.5. The van der Waals surface area contributed by atoms with Gasteiger partial charge in [-0.3, -0.25) is 10.2 Å².